The van der Waals surface area contributed by atoms with Gasteiger partial charge in [-0.1, -0.05) is 51.9 Å². The van der Waals surface area contributed by atoms with Gasteiger partial charge in [-0.05, 0) is 19.9 Å². The number of hydrogen-bond donors (Lipinski definition) is 0. The van der Waals surface area contributed by atoms with Crippen molar-refractivity contribution in [3.8, 4) is 0 Å². The Morgan fingerprint density at radius 3 is 2.26 bits per heavy atom. The second kappa shape index (κ2) is 11.0. The molecule has 0 radical (unpaired) electrons. The van der Waals surface area contributed by atoms with Gasteiger partial charge in [0.15, 0.2) is 9.84 Å². The summed E-state index contributed by atoms with van der Waals surface area (Å²) in [6, 6.07) is -0.0457. The Labute approximate surface area is 141 Å². The third kappa shape index (κ3) is 9.30. The minimum Gasteiger partial charge on any atom is -0.465 e. The van der Waals surface area contributed by atoms with E-state index in [2.05, 4.69) is 6.92 Å². The van der Waals surface area contributed by atoms with Gasteiger partial charge in [0.05, 0.1) is 24.7 Å². The van der Waals surface area contributed by atoms with Crippen LogP contribution < -0.4 is 0 Å². The summed E-state index contributed by atoms with van der Waals surface area (Å²) in [5.74, 6) is 0.143. The first-order valence-corrected chi connectivity index (χ1v) is 10.8. The van der Waals surface area contributed by atoms with Crippen molar-refractivity contribution < 1.29 is 17.9 Å². The van der Waals surface area contributed by atoms with E-state index in [9.17, 15) is 13.2 Å². The van der Waals surface area contributed by atoms with Crippen LogP contribution in [0.25, 0.3) is 0 Å². The predicted octanol–water partition coefficient (Wildman–Crippen LogP) is 2.79. The first kappa shape index (κ1) is 20.4. The predicted molar refractivity (Wildman–Crippen MR) is 93.3 cm³/mol. The zero-order chi connectivity index (χ0) is 17.1. The number of nitrogens with zero attached hydrogens (tertiary/aromatic N) is 1. The molecule has 1 aliphatic rings. The monoisotopic (exact) mass is 347 g/mol. The Kier molecular flexibility index (Phi) is 9.79. The van der Waals surface area contributed by atoms with Crippen molar-refractivity contribution >= 4 is 15.8 Å². The van der Waals surface area contributed by atoms with Crippen LogP contribution in [-0.4, -0.2) is 57.0 Å². The van der Waals surface area contributed by atoms with E-state index in [1.807, 2.05) is 0 Å². The van der Waals surface area contributed by atoms with Crippen molar-refractivity contribution in [3.63, 3.8) is 0 Å². The summed E-state index contributed by atoms with van der Waals surface area (Å²) in [7, 11) is -1.11. The van der Waals surface area contributed by atoms with Crippen LogP contribution in [0.3, 0.4) is 0 Å². The van der Waals surface area contributed by atoms with Gasteiger partial charge in [-0.2, -0.15) is 0 Å². The number of ether oxygens (including phenoxy) is 1. The molecule has 6 heteroatoms. The van der Waals surface area contributed by atoms with Gasteiger partial charge in [-0.15, -0.1) is 0 Å². The number of rotatable bonds is 12. The van der Waals surface area contributed by atoms with Crippen LogP contribution in [-0.2, 0) is 19.4 Å². The summed E-state index contributed by atoms with van der Waals surface area (Å²) in [5.41, 5.74) is 0. The highest BCUT2D eigenvalue weighted by molar-refractivity contribution is 7.91. The Hall–Kier alpha value is -0.620. The van der Waals surface area contributed by atoms with E-state index < -0.39 is 9.84 Å². The molecule has 0 saturated carbocycles. The summed E-state index contributed by atoms with van der Waals surface area (Å²) in [4.78, 5) is 13.6. The lowest BCUT2D eigenvalue weighted by atomic mass is 10.1. The lowest BCUT2D eigenvalue weighted by molar-refractivity contribution is -0.145. The molecule has 1 heterocycles. The molecule has 0 aromatic rings. The molecule has 136 valence electrons. The van der Waals surface area contributed by atoms with E-state index in [-0.39, 0.29) is 30.1 Å². The van der Waals surface area contributed by atoms with Crippen molar-refractivity contribution in [1.82, 2.24) is 4.90 Å². The first-order chi connectivity index (χ1) is 10.9. The Morgan fingerprint density at radius 1 is 1.09 bits per heavy atom. The minimum absolute atomic E-state index is 0.0457. The number of unbranched alkanes of at least 4 members (excludes halogenated alkanes) is 7. The number of carbonyl (C=O) groups is 1. The maximum absolute atomic E-state index is 11.8. The number of hydrogen-bond acceptors (Lipinski definition) is 5. The minimum atomic E-state index is -2.91. The summed E-state index contributed by atoms with van der Waals surface area (Å²) >= 11 is 0. The normalized spacial score (nSPS) is 20.0. The molecule has 1 saturated heterocycles. The molecule has 0 bridgehead atoms. The molecular formula is C17H33NO4S. The van der Waals surface area contributed by atoms with Crippen LogP contribution in [0.2, 0.25) is 0 Å². The number of esters is 1. The van der Waals surface area contributed by atoms with Crippen molar-refractivity contribution in [3.05, 3.63) is 0 Å². The van der Waals surface area contributed by atoms with Crippen LogP contribution in [0.5, 0.6) is 0 Å². The van der Waals surface area contributed by atoms with Crippen molar-refractivity contribution in [1.29, 1.82) is 0 Å². The molecule has 1 rings (SSSR count). The second-order valence-corrected chi connectivity index (χ2v) is 8.90. The molecule has 0 aromatic carbocycles. The van der Waals surface area contributed by atoms with Gasteiger partial charge in [0.2, 0.25) is 0 Å². The molecule has 0 unspecified atom stereocenters. The van der Waals surface area contributed by atoms with E-state index >= 15 is 0 Å². The molecule has 0 N–H and O–H groups in total. The summed E-state index contributed by atoms with van der Waals surface area (Å²) in [5, 5.41) is 0. The fourth-order valence-corrected chi connectivity index (χ4v) is 4.73. The average Bonchev–Trinajstić information content (AvgIpc) is 2.86. The summed E-state index contributed by atoms with van der Waals surface area (Å²) in [6.07, 6.45) is 10.4. The van der Waals surface area contributed by atoms with E-state index in [0.29, 0.717) is 13.0 Å². The highest BCUT2D eigenvalue weighted by Gasteiger charge is 2.31. The van der Waals surface area contributed by atoms with Gasteiger partial charge in [-0.25, -0.2) is 8.42 Å². The molecule has 23 heavy (non-hydrogen) atoms. The largest absolute Gasteiger partial charge is 0.465 e. The van der Waals surface area contributed by atoms with Crippen molar-refractivity contribution in [2.24, 2.45) is 0 Å². The molecule has 5 nitrogen and oxygen atoms in total. The smallest absolute Gasteiger partial charge is 0.320 e. The molecule has 0 amide bonds. The maximum atomic E-state index is 11.8. The zero-order valence-electron chi connectivity index (χ0n) is 14.8. The SMILES string of the molecule is CCCCCCCCCCOC(=O)CN(C)[C@H]1CCS(=O)(=O)C1. The van der Waals surface area contributed by atoms with E-state index in [1.165, 1.54) is 38.5 Å². The van der Waals surface area contributed by atoms with Crippen molar-refractivity contribution in [2.45, 2.75) is 70.8 Å². The Balaban J connectivity index is 2.00. The fourth-order valence-electron chi connectivity index (χ4n) is 2.92. The molecule has 1 fully saturated rings. The van der Waals surface area contributed by atoms with Crippen LogP contribution in [0.15, 0.2) is 0 Å². The first-order valence-electron chi connectivity index (χ1n) is 9.01. The molecule has 0 spiro atoms. The van der Waals surface area contributed by atoms with E-state index in [4.69, 9.17) is 4.74 Å². The number of carbonyl (C=O) groups excluding carboxylic acids is 1. The lowest BCUT2D eigenvalue weighted by Crippen LogP contribution is -2.37. The highest BCUT2D eigenvalue weighted by atomic mass is 32.2. The highest BCUT2D eigenvalue weighted by Crippen LogP contribution is 2.16. The maximum Gasteiger partial charge on any atom is 0.320 e. The summed E-state index contributed by atoms with van der Waals surface area (Å²) in [6.45, 7) is 2.87. The topological polar surface area (TPSA) is 63.7 Å². The van der Waals surface area contributed by atoms with Crippen LogP contribution in [0.4, 0.5) is 0 Å². The van der Waals surface area contributed by atoms with Gasteiger partial charge in [0.1, 0.15) is 0 Å². The zero-order valence-corrected chi connectivity index (χ0v) is 15.6. The molecule has 0 aliphatic carbocycles. The van der Waals surface area contributed by atoms with E-state index in [1.54, 1.807) is 11.9 Å². The van der Waals surface area contributed by atoms with Crippen molar-refractivity contribution in [2.75, 3.05) is 31.7 Å². The lowest BCUT2D eigenvalue weighted by Gasteiger charge is -2.21. The number of sulfone groups is 1. The van der Waals surface area contributed by atoms with Gasteiger partial charge in [-0.3, -0.25) is 9.69 Å². The van der Waals surface area contributed by atoms with Gasteiger partial charge < -0.3 is 4.74 Å². The average molecular weight is 348 g/mol. The molecular weight excluding hydrogens is 314 g/mol. The third-order valence-corrected chi connectivity index (χ3v) is 6.22. The van der Waals surface area contributed by atoms with Gasteiger partial charge >= 0.3 is 5.97 Å². The van der Waals surface area contributed by atoms with Crippen LogP contribution >= 0.6 is 0 Å². The summed E-state index contributed by atoms with van der Waals surface area (Å²) < 4.78 is 28.1. The Morgan fingerprint density at radius 2 is 1.70 bits per heavy atom. The third-order valence-electron chi connectivity index (χ3n) is 4.47. The second-order valence-electron chi connectivity index (χ2n) is 6.67. The molecule has 1 aliphatic heterocycles. The Bertz CT molecular complexity index is 436. The van der Waals surface area contributed by atoms with E-state index in [0.717, 1.165) is 12.8 Å². The number of likely N-dealkylation sites (N-methyl/N-ethyl adjacent to an activating group) is 1. The fraction of sp³-hybridized carbons (Fsp3) is 0.941. The van der Waals surface area contributed by atoms with Gasteiger partial charge in [0.25, 0.3) is 0 Å². The quantitative estimate of drug-likeness (QED) is 0.401. The standard InChI is InChI=1S/C17H33NO4S/c1-3-4-5-6-7-8-9-10-12-22-17(19)14-18(2)16-11-13-23(20,21)15-16/h16H,3-15H2,1-2H3/t16-/m0/s1. The molecule has 1 atom stereocenters. The van der Waals surface area contributed by atoms with Crippen LogP contribution in [0, 0.1) is 0 Å². The van der Waals surface area contributed by atoms with Gasteiger partial charge in [0, 0.05) is 6.04 Å². The van der Waals surface area contributed by atoms with Crippen LogP contribution in [0.1, 0.15) is 64.7 Å². The molecule has 0 aromatic heterocycles.